The molecule has 1 saturated carbocycles. The molecule has 1 amide bonds. The molecule has 8 heteroatoms. The average molecular weight is 394 g/mol. The first-order chi connectivity index (χ1) is 13.3. The second kappa shape index (κ2) is 8.50. The molecular weight excluding hydrogens is 373 g/mol. The van der Waals surface area contributed by atoms with Crippen LogP contribution in [0.2, 0.25) is 0 Å². The second-order valence-corrected chi connectivity index (χ2v) is 6.74. The summed E-state index contributed by atoms with van der Waals surface area (Å²) in [5.41, 5.74) is 1.79. The quantitative estimate of drug-likeness (QED) is 0.731. The van der Waals surface area contributed by atoms with Crippen LogP contribution >= 0.6 is 0 Å². The van der Waals surface area contributed by atoms with Crippen LogP contribution in [0.4, 0.5) is 13.2 Å². The summed E-state index contributed by atoms with van der Waals surface area (Å²) in [6, 6.07) is 10.2. The third-order valence-corrected chi connectivity index (χ3v) is 4.28. The van der Waals surface area contributed by atoms with Crippen molar-refractivity contribution in [3.05, 3.63) is 53.9 Å². The van der Waals surface area contributed by atoms with Crippen molar-refractivity contribution in [1.29, 1.82) is 0 Å². The van der Waals surface area contributed by atoms with Crippen LogP contribution in [0.15, 0.2) is 42.6 Å². The molecule has 150 valence electrons. The Morgan fingerprint density at radius 1 is 1.14 bits per heavy atom. The summed E-state index contributed by atoms with van der Waals surface area (Å²) in [6.07, 6.45) is -0.756. The van der Waals surface area contributed by atoms with Gasteiger partial charge in [-0.2, -0.15) is 13.2 Å². The lowest BCUT2D eigenvalue weighted by Gasteiger charge is -2.15. The maximum absolute atomic E-state index is 12.1. The number of pyridine rings is 1. The van der Waals surface area contributed by atoms with E-state index < -0.39 is 18.8 Å². The van der Waals surface area contributed by atoms with Gasteiger partial charge in [-0.05, 0) is 55.5 Å². The molecule has 1 fully saturated rings. The monoisotopic (exact) mass is 394 g/mol. The molecule has 5 nitrogen and oxygen atoms in total. The SMILES string of the molecule is C[C@@H](NC(=O)COc1ccc(C2CC2)cc1)c1ccc(OCC(F)(F)F)cn1. The third kappa shape index (κ3) is 6.14. The fourth-order valence-corrected chi connectivity index (χ4v) is 2.66. The Morgan fingerprint density at radius 2 is 1.82 bits per heavy atom. The molecule has 1 aromatic heterocycles. The van der Waals surface area contributed by atoms with E-state index in [1.54, 1.807) is 6.92 Å². The van der Waals surface area contributed by atoms with Gasteiger partial charge in [-0.15, -0.1) is 0 Å². The van der Waals surface area contributed by atoms with Gasteiger partial charge in [0.25, 0.3) is 5.91 Å². The van der Waals surface area contributed by atoms with Crippen molar-refractivity contribution in [1.82, 2.24) is 10.3 Å². The Balaban J connectivity index is 1.44. The lowest BCUT2D eigenvalue weighted by molar-refractivity contribution is -0.153. The van der Waals surface area contributed by atoms with Gasteiger partial charge in [-0.3, -0.25) is 9.78 Å². The minimum Gasteiger partial charge on any atom is -0.484 e. The number of nitrogens with one attached hydrogen (secondary N) is 1. The highest BCUT2D eigenvalue weighted by molar-refractivity contribution is 5.77. The Hall–Kier alpha value is -2.77. The van der Waals surface area contributed by atoms with Crippen molar-refractivity contribution in [2.75, 3.05) is 13.2 Å². The molecule has 1 N–H and O–H groups in total. The first-order valence-corrected chi connectivity index (χ1v) is 8.98. The van der Waals surface area contributed by atoms with Crippen LogP contribution in [0.1, 0.15) is 43.0 Å². The van der Waals surface area contributed by atoms with Crippen molar-refractivity contribution in [2.45, 2.75) is 37.9 Å². The highest BCUT2D eigenvalue weighted by Gasteiger charge is 2.28. The number of aromatic nitrogens is 1. The van der Waals surface area contributed by atoms with E-state index in [4.69, 9.17) is 4.74 Å². The summed E-state index contributed by atoms with van der Waals surface area (Å²) in [4.78, 5) is 16.1. The number of carbonyl (C=O) groups excluding carboxylic acids is 1. The van der Waals surface area contributed by atoms with Gasteiger partial charge in [0.2, 0.25) is 0 Å². The van der Waals surface area contributed by atoms with Crippen LogP contribution in [-0.4, -0.2) is 30.3 Å². The number of hydrogen-bond donors (Lipinski definition) is 1. The Labute approximate surface area is 160 Å². The molecule has 0 radical (unpaired) electrons. The Bertz CT molecular complexity index is 788. The number of ether oxygens (including phenoxy) is 2. The van der Waals surface area contributed by atoms with E-state index in [1.165, 1.54) is 36.7 Å². The largest absolute Gasteiger partial charge is 0.484 e. The summed E-state index contributed by atoms with van der Waals surface area (Å²) < 4.78 is 46.5. The molecule has 1 heterocycles. The molecule has 0 spiro atoms. The Morgan fingerprint density at radius 3 is 2.39 bits per heavy atom. The zero-order valence-corrected chi connectivity index (χ0v) is 15.3. The van der Waals surface area contributed by atoms with E-state index in [0.717, 1.165) is 0 Å². The van der Waals surface area contributed by atoms with Crippen molar-refractivity contribution < 1.29 is 27.4 Å². The van der Waals surface area contributed by atoms with Crippen LogP contribution < -0.4 is 14.8 Å². The van der Waals surface area contributed by atoms with E-state index in [1.807, 2.05) is 24.3 Å². The molecule has 1 aliphatic rings. The van der Waals surface area contributed by atoms with Gasteiger partial charge in [0.05, 0.1) is 17.9 Å². The van der Waals surface area contributed by atoms with E-state index in [9.17, 15) is 18.0 Å². The molecule has 28 heavy (non-hydrogen) atoms. The van der Waals surface area contributed by atoms with E-state index in [2.05, 4.69) is 15.0 Å². The number of halogens is 3. The fourth-order valence-electron chi connectivity index (χ4n) is 2.66. The molecule has 0 saturated heterocycles. The van der Waals surface area contributed by atoms with Gasteiger partial charge in [-0.25, -0.2) is 0 Å². The highest BCUT2D eigenvalue weighted by Crippen LogP contribution is 2.40. The van der Waals surface area contributed by atoms with E-state index in [-0.39, 0.29) is 18.3 Å². The third-order valence-electron chi connectivity index (χ3n) is 4.28. The average Bonchev–Trinajstić information content (AvgIpc) is 3.50. The molecule has 0 unspecified atom stereocenters. The van der Waals surface area contributed by atoms with Gasteiger partial charge < -0.3 is 14.8 Å². The normalized spacial score (nSPS) is 15.0. The summed E-state index contributed by atoms with van der Waals surface area (Å²) in [7, 11) is 0. The van der Waals surface area contributed by atoms with Gasteiger partial charge >= 0.3 is 6.18 Å². The molecular formula is C20H21F3N2O3. The molecule has 0 bridgehead atoms. The summed E-state index contributed by atoms with van der Waals surface area (Å²) >= 11 is 0. The molecule has 0 aliphatic heterocycles. The molecule has 2 aromatic rings. The summed E-state index contributed by atoms with van der Waals surface area (Å²) in [5, 5.41) is 2.73. The van der Waals surface area contributed by atoms with Crippen molar-refractivity contribution in [2.24, 2.45) is 0 Å². The first-order valence-electron chi connectivity index (χ1n) is 8.98. The number of amides is 1. The topological polar surface area (TPSA) is 60.5 Å². The number of benzene rings is 1. The lowest BCUT2D eigenvalue weighted by Crippen LogP contribution is -2.31. The van der Waals surface area contributed by atoms with Crippen LogP contribution in [-0.2, 0) is 4.79 Å². The Kier molecular flexibility index (Phi) is 6.06. The van der Waals surface area contributed by atoms with Crippen LogP contribution in [0.3, 0.4) is 0 Å². The van der Waals surface area contributed by atoms with Crippen LogP contribution in [0.5, 0.6) is 11.5 Å². The smallest absolute Gasteiger partial charge is 0.422 e. The fraction of sp³-hybridized carbons (Fsp3) is 0.400. The zero-order valence-electron chi connectivity index (χ0n) is 15.3. The van der Waals surface area contributed by atoms with E-state index in [0.29, 0.717) is 17.4 Å². The highest BCUT2D eigenvalue weighted by atomic mass is 19.4. The predicted octanol–water partition coefficient (Wildman–Crippen LogP) is 4.16. The van der Waals surface area contributed by atoms with Crippen molar-refractivity contribution in [3.8, 4) is 11.5 Å². The van der Waals surface area contributed by atoms with Crippen molar-refractivity contribution >= 4 is 5.91 Å². The second-order valence-electron chi connectivity index (χ2n) is 6.74. The number of carbonyl (C=O) groups is 1. The summed E-state index contributed by atoms with van der Waals surface area (Å²) in [5.74, 6) is 0.975. The lowest BCUT2D eigenvalue weighted by atomic mass is 10.1. The first kappa shape index (κ1) is 20.0. The van der Waals surface area contributed by atoms with Crippen LogP contribution in [0.25, 0.3) is 0 Å². The molecule has 1 aromatic carbocycles. The maximum Gasteiger partial charge on any atom is 0.422 e. The maximum atomic E-state index is 12.1. The zero-order chi connectivity index (χ0) is 20.1. The van der Waals surface area contributed by atoms with Gasteiger partial charge in [0, 0.05) is 0 Å². The summed E-state index contributed by atoms with van der Waals surface area (Å²) in [6.45, 7) is 0.208. The number of nitrogens with zero attached hydrogens (tertiary/aromatic N) is 1. The standard InChI is InChI=1S/C20H21F3N2O3/c1-13(18-9-8-17(10-24-18)28-12-20(21,22)23)25-19(26)11-27-16-6-4-15(5-7-16)14-2-3-14/h4-10,13-14H,2-3,11-12H2,1H3,(H,25,26)/t13-/m1/s1. The van der Waals surface area contributed by atoms with Crippen molar-refractivity contribution in [3.63, 3.8) is 0 Å². The minimum absolute atomic E-state index is 0.0116. The van der Waals surface area contributed by atoms with Gasteiger partial charge in [-0.1, -0.05) is 12.1 Å². The van der Waals surface area contributed by atoms with E-state index >= 15 is 0 Å². The number of alkyl halides is 3. The minimum atomic E-state index is -4.40. The van der Waals surface area contributed by atoms with Gasteiger partial charge in [0.15, 0.2) is 13.2 Å². The van der Waals surface area contributed by atoms with Gasteiger partial charge in [0.1, 0.15) is 11.5 Å². The number of rotatable bonds is 8. The molecule has 3 rings (SSSR count). The number of hydrogen-bond acceptors (Lipinski definition) is 4. The van der Waals surface area contributed by atoms with Crippen LogP contribution in [0, 0.1) is 0 Å². The molecule has 1 atom stereocenters. The molecule has 1 aliphatic carbocycles. The predicted molar refractivity (Wildman–Crippen MR) is 96.3 cm³/mol.